The molecule has 4 rings (SSSR count). The van der Waals surface area contributed by atoms with Crippen LogP contribution in [0.3, 0.4) is 0 Å². The maximum atomic E-state index is 12.5. The zero-order chi connectivity index (χ0) is 23.2. The molecule has 0 fully saturated rings. The third-order valence-electron chi connectivity index (χ3n) is 5.50. The van der Waals surface area contributed by atoms with Crippen LogP contribution in [-0.2, 0) is 4.79 Å². The second-order valence-electron chi connectivity index (χ2n) is 8.48. The van der Waals surface area contributed by atoms with Crippen LogP contribution in [0.1, 0.15) is 60.2 Å². The monoisotopic (exact) mass is 436 g/mol. The van der Waals surface area contributed by atoms with Gasteiger partial charge in [0.2, 0.25) is 0 Å². The summed E-state index contributed by atoms with van der Waals surface area (Å²) < 4.78 is 16.7. The van der Waals surface area contributed by atoms with Gasteiger partial charge in [0, 0.05) is 17.5 Å². The van der Waals surface area contributed by atoms with Gasteiger partial charge in [-0.05, 0) is 43.0 Å². The van der Waals surface area contributed by atoms with E-state index in [9.17, 15) is 19.5 Å². The summed E-state index contributed by atoms with van der Waals surface area (Å²) in [4.78, 5) is 37.1. The summed E-state index contributed by atoms with van der Waals surface area (Å²) >= 11 is 0. The number of carbonyl (C=O) groups is 2. The third-order valence-corrected chi connectivity index (χ3v) is 5.50. The van der Waals surface area contributed by atoms with E-state index >= 15 is 0 Å². The van der Waals surface area contributed by atoms with Crippen LogP contribution in [0, 0.1) is 12.8 Å². The molecule has 0 bridgehead atoms. The van der Waals surface area contributed by atoms with Gasteiger partial charge in [-0.25, -0.2) is 4.79 Å². The van der Waals surface area contributed by atoms with E-state index in [2.05, 4.69) is 13.8 Å². The van der Waals surface area contributed by atoms with E-state index in [4.69, 9.17) is 13.9 Å². The topological polar surface area (TPSA) is 103 Å². The molecular weight excluding hydrogens is 412 g/mol. The molecule has 166 valence electrons. The number of phenols is 1. The molecule has 0 unspecified atom stereocenters. The quantitative estimate of drug-likeness (QED) is 0.272. The fourth-order valence-corrected chi connectivity index (χ4v) is 4.08. The summed E-state index contributed by atoms with van der Waals surface area (Å²) in [5.74, 6) is -0.878. The molecule has 32 heavy (non-hydrogen) atoms. The minimum atomic E-state index is -0.597. The molecule has 0 aliphatic carbocycles. The summed E-state index contributed by atoms with van der Waals surface area (Å²) in [6.45, 7) is 7.63. The van der Waals surface area contributed by atoms with Gasteiger partial charge in [0.1, 0.15) is 22.6 Å². The lowest BCUT2D eigenvalue weighted by Gasteiger charge is -2.28. The average Bonchev–Trinajstić information content (AvgIpc) is 2.71. The molecule has 0 radical (unpaired) electrons. The van der Waals surface area contributed by atoms with Crippen LogP contribution in [0.4, 0.5) is 0 Å². The number of ether oxygens (including phenoxy) is 2. The van der Waals surface area contributed by atoms with Crippen LogP contribution in [0.25, 0.3) is 11.0 Å². The number of fused-ring (bicyclic) bond motifs is 3. The van der Waals surface area contributed by atoms with E-state index in [1.54, 1.807) is 6.92 Å². The highest BCUT2D eigenvalue weighted by Crippen LogP contribution is 2.49. The number of aryl methyl sites for hydroxylation is 1. The average molecular weight is 436 g/mol. The van der Waals surface area contributed by atoms with Gasteiger partial charge >= 0.3 is 11.6 Å². The number of aromatic hydroxyl groups is 1. The lowest BCUT2D eigenvalue weighted by Crippen LogP contribution is -2.23. The zero-order valence-corrected chi connectivity index (χ0v) is 18.4. The Morgan fingerprint density at radius 1 is 1.22 bits per heavy atom. The Labute approximate surface area is 184 Å². The van der Waals surface area contributed by atoms with Crippen molar-refractivity contribution >= 4 is 22.7 Å². The van der Waals surface area contributed by atoms with Gasteiger partial charge in [0.05, 0.1) is 18.4 Å². The van der Waals surface area contributed by atoms with Crippen molar-refractivity contribution in [2.24, 2.45) is 5.92 Å². The number of rotatable bonds is 5. The first kappa shape index (κ1) is 21.6. The second-order valence-corrected chi connectivity index (χ2v) is 8.48. The van der Waals surface area contributed by atoms with Crippen molar-refractivity contribution in [2.45, 2.75) is 40.0 Å². The Balaban J connectivity index is 1.95. The first-order valence-corrected chi connectivity index (χ1v) is 10.4. The lowest BCUT2D eigenvalue weighted by atomic mass is 9.83. The zero-order valence-electron chi connectivity index (χ0n) is 18.4. The van der Waals surface area contributed by atoms with Crippen molar-refractivity contribution < 1.29 is 28.6 Å². The fourth-order valence-electron chi connectivity index (χ4n) is 4.08. The van der Waals surface area contributed by atoms with Crippen molar-refractivity contribution in [3.63, 3.8) is 0 Å². The maximum absolute atomic E-state index is 12.5. The summed E-state index contributed by atoms with van der Waals surface area (Å²) in [6, 6.07) is 8.55. The van der Waals surface area contributed by atoms with Crippen LogP contribution in [0.5, 0.6) is 17.2 Å². The molecule has 0 spiro atoms. The molecule has 2 heterocycles. The molecule has 7 heteroatoms. The predicted octanol–water partition coefficient (Wildman–Crippen LogP) is 4.49. The molecule has 1 aliphatic rings. The highest BCUT2D eigenvalue weighted by atomic mass is 16.5. The molecule has 2 aromatic carbocycles. The van der Waals surface area contributed by atoms with Gasteiger partial charge in [-0.2, -0.15) is 0 Å². The molecule has 7 nitrogen and oxygen atoms in total. The third kappa shape index (κ3) is 3.75. The van der Waals surface area contributed by atoms with E-state index < -0.39 is 23.3 Å². The largest absolute Gasteiger partial charge is 0.506 e. The molecular formula is C25H24O7. The summed E-state index contributed by atoms with van der Waals surface area (Å²) in [6.07, 6.45) is -0.00588. The SMILES string of the molecule is CC(=O)c1c2c(c3oc(=O)cc(C)c3c1O)[C@@H](c1ccc(OCC(C)C)cc1)CC(=O)O2. The Bertz CT molecular complexity index is 1280. The predicted molar refractivity (Wildman–Crippen MR) is 118 cm³/mol. The van der Waals surface area contributed by atoms with E-state index in [0.29, 0.717) is 29.4 Å². The first-order valence-electron chi connectivity index (χ1n) is 10.4. The normalized spacial score (nSPS) is 15.5. The summed E-state index contributed by atoms with van der Waals surface area (Å²) in [7, 11) is 0. The Morgan fingerprint density at radius 3 is 2.53 bits per heavy atom. The fraction of sp³-hybridized carbons (Fsp3) is 0.320. The number of esters is 1. The molecule has 0 amide bonds. The van der Waals surface area contributed by atoms with E-state index in [0.717, 1.165) is 5.56 Å². The van der Waals surface area contributed by atoms with Crippen molar-refractivity contribution in [2.75, 3.05) is 6.61 Å². The van der Waals surface area contributed by atoms with Crippen LogP contribution in [0.15, 0.2) is 39.5 Å². The van der Waals surface area contributed by atoms with Crippen molar-refractivity contribution in [3.8, 4) is 17.2 Å². The molecule has 0 saturated heterocycles. The van der Waals surface area contributed by atoms with Gasteiger partial charge in [-0.1, -0.05) is 26.0 Å². The number of Topliss-reactive ketones (excluding diaryl/α,β-unsaturated/α-hetero) is 1. The molecule has 1 aliphatic heterocycles. The lowest BCUT2D eigenvalue weighted by molar-refractivity contribution is -0.135. The standard InChI is InChI=1S/C25H24O7/c1-12(2)11-30-16-7-5-15(6-8-16)17-10-19(28)32-25-21(14(4)26)23(29)20-13(3)9-18(27)31-24(20)22(17)25/h5-9,12,17,29H,10-11H2,1-4H3/t17-/m1/s1. The van der Waals surface area contributed by atoms with Gasteiger partial charge < -0.3 is 19.0 Å². The molecule has 1 N–H and O–H groups in total. The molecule has 0 saturated carbocycles. The van der Waals surface area contributed by atoms with Crippen LogP contribution < -0.4 is 15.1 Å². The smallest absolute Gasteiger partial charge is 0.336 e. The molecule has 1 atom stereocenters. The second kappa shape index (κ2) is 8.15. The van der Waals surface area contributed by atoms with E-state index in [1.807, 2.05) is 24.3 Å². The summed E-state index contributed by atoms with van der Waals surface area (Å²) in [5, 5.41) is 11.1. The van der Waals surface area contributed by atoms with Crippen LogP contribution >= 0.6 is 0 Å². The highest BCUT2D eigenvalue weighted by molar-refractivity contribution is 6.09. The number of hydrogen-bond acceptors (Lipinski definition) is 7. The summed E-state index contributed by atoms with van der Waals surface area (Å²) in [5.41, 5.74) is 1.06. The molecule has 1 aromatic heterocycles. The van der Waals surface area contributed by atoms with Crippen LogP contribution in [0.2, 0.25) is 0 Å². The Kier molecular flexibility index (Phi) is 5.50. The van der Waals surface area contributed by atoms with E-state index in [-0.39, 0.29) is 34.5 Å². The first-order chi connectivity index (χ1) is 15.2. The number of hydrogen-bond donors (Lipinski definition) is 1. The van der Waals surface area contributed by atoms with Gasteiger partial charge in [0.25, 0.3) is 0 Å². The Hall–Kier alpha value is -3.61. The van der Waals surface area contributed by atoms with Crippen molar-refractivity contribution in [1.29, 1.82) is 0 Å². The highest BCUT2D eigenvalue weighted by Gasteiger charge is 2.37. The molecule has 3 aromatic rings. The number of phenolic OH excluding ortho intramolecular Hbond substituents is 1. The minimum absolute atomic E-state index is 0.00588. The minimum Gasteiger partial charge on any atom is -0.506 e. The number of benzene rings is 2. The van der Waals surface area contributed by atoms with Gasteiger partial charge in [-0.3, -0.25) is 9.59 Å². The van der Waals surface area contributed by atoms with Crippen molar-refractivity contribution in [1.82, 2.24) is 0 Å². The van der Waals surface area contributed by atoms with E-state index in [1.165, 1.54) is 13.0 Å². The number of carbonyl (C=O) groups excluding carboxylic acids is 2. The van der Waals surface area contributed by atoms with Gasteiger partial charge in [-0.15, -0.1) is 0 Å². The number of ketones is 1. The van der Waals surface area contributed by atoms with Gasteiger partial charge in [0.15, 0.2) is 11.5 Å². The maximum Gasteiger partial charge on any atom is 0.336 e. The Morgan fingerprint density at radius 2 is 1.91 bits per heavy atom. The van der Waals surface area contributed by atoms with Crippen molar-refractivity contribution in [3.05, 3.63) is 63.0 Å². The van der Waals surface area contributed by atoms with Crippen LogP contribution in [-0.4, -0.2) is 23.5 Å².